The fourth-order valence-corrected chi connectivity index (χ4v) is 3.87. The fourth-order valence-electron chi connectivity index (χ4n) is 2.67. The van der Waals surface area contributed by atoms with Gasteiger partial charge in [-0.1, -0.05) is 30.3 Å². The van der Waals surface area contributed by atoms with Gasteiger partial charge in [0.25, 0.3) is 5.91 Å². The number of sulfonamides is 1. The van der Waals surface area contributed by atoms with Crippen LogP contribution in [0.3, 0.4) is 0 Å². The van der Waals surface area contributed by atoms with Crippen LogP contribution in [-0.2, 0) is 24.3 Å². The zero-order valence-corrected chi connectivity index (χ0v) is 18.6. The zero-order valence-electron chi connectivity index (χ0n) is 17.8. The van der Waals surface area contributed by atoms with Gasteiger partial charge in [0.1, 0.15) is 11.9 Å². The number of ether oxygens (including phenoxy) is 1. The van der Waals surface area contributed by atoms with Crippen LogP contribution >= 0.6 is 0 Å². The van der Waals surface area contributed by atoms with Crippen LogP contribution in [0.1, 0.15) is 22.3 Å². The number of amidine groups is 1. The lowest BCUT2D eigenvalue weighted by atomic mass is 10.1. The summed E-state index contributed by atoms with van der Waals surface area (Å²) in [4.78, 5) is 36.2. The van der Waals surface area contributed by atoms with Crippen LogP contribution in [0, 0.1) is 5.41 Å². The lowest BCUT2D eigenvalue weighted by Gasteiger charge is -2.17. The fraction of sp³-hybridized carbons (Fsp3) is 0.238. The Hall–Kier alpha value is -3.77. The molecule has 2 amide bonds. The van der Waals surface area contributed by atoms with Crippen LogP contribution < -0.4 is 21.1 Å². The van der Waals surface area contributed by atoms with Crippen LogP contribution in [0.15, 0.2) is 59.5 Å². The molecule has 0 saturated heterocycles. The maximum absolute atomic E-state index is 12.4. The van der Waals surface area contributed by atoms with Crippen LogP contribution in [0.25, 0.3) is 0 Å². The molecule has 0 radical (unpaired) electrons. The highest BCUT2D eigenvalue weighted by Gasteiger charge is 2.26. The summed E-state index contributed by atoms with van der Waals surface area (Å²) in [6, 6.07) is 12.2. The summed E-state index contributed by atoms with van der Waals surface area (Å²) in [7, 11) is -2.91. The summed E-state index contributed by atoms with van der Waals surface area (Å²) in [5.41, 5.74) is 6.18. The van der Waals surface area contributed by atoms with Gasteiger partial charge >= 0.3 is 5.97 Å². The molecule has 2 aromatic rings. The third-order valence-corrected chi connectivity index (χ3v) is 5.92. The number of hydrogen-bond donors (Lipinski definition) is 5. The number of amides is 2. The standard InChI is InChI=1S/C21H25N5O6S/c1-32-21(29)17(26-33(30,31)16-5-3-2-4-6-16)13-25-18(27)11-12-24-20(28)15-9-7-14(8-10-15)19(22)23/h2-10,17,26H,11-13H2,1H3,(H3,22,23)(H,24,28)(H,25,27)/t17-/m0/s1. The Morgan fingerprint density at radius 2 is 1.61 bits per heavy atom. The third kappa shape index (κ3) is 7.70. The molecule has 0 saturated carbocycles. The molecule has 0 aliphatic rings. The van der Waals surface area contributed by atoms with Crippen molar-refractivity contribution >= 4 is 33.6 Å². The Morgan fingerprint density at radius 1 is 1.00 bits per heavy atom. The van der Waals surface area contributed by atoms with Crippen molar-refractivity contribution in [1.82, 2.24) is 15.4 Å². The highest BCUT2D eigenvalue weighted by molar-refractivity contribution is 7.89. The van der Waals surface area contributed by atoms with Gasteiger partial charge in [0.05, 0.1) is 12.0 Å². The van der Waals surface area contributed by atoms with E-state index < -0.39 is 33.8 Å². The summed E-state index contributed by atoms with van der Waals surface area (Å²) in [6.07, 6.45) is -0.101. The number of rotatable bonds is 11. The van der Waals surface area contributed by atoms with Crippen molar-refractivity contribution in [1.29, 1.82) is 5.41 Å². The maximum atomic E-state index is 12.4. The number of hydrogen-bond acceptors (Lipinski definition) is 7. The van der Waals surface area contributed by atoms with Crippen molar-refractivity contribution in [2.24, 2.45) is 5.73 Å². The van der Waals surface area contributed by atoms with Crippen molar-refractivity contribution in [3.8, 4) is 0 Å². The molecular formula is C21H25N5O6S. The van der Waals surface area contributed by atoms with Crippen molar-refractivity contribution in [2.75, 3.05) is 20.2 Å². The smallest absolute Gasteiger partial charge is 0.325 e. The predicted molar refractivity (Wildman–Crippen MR) is 120 cm³/mol. The molecule has 12 heteroatoms. The normalized spacial score (nSPS) is 11.8. The second-order valence-corrected chi connectivity index (χ2v) is 8.53. The Morgan fingerprint density at radius 3 is 2.18 bits per heavy atom. The van der Waals surface area contributed by atoms with Gasteiger partial charge in [-0.05, 0) is 24.3 Å². The number of nitrogen functional groups attached to an aromatic ring is 1. The van der Waals surface area contributed by atoms with Crippen molar-refractivity contribution in [2.45, 2.75) is 17.4 Å². The van der Waals surface area contributed by atoms with Gasteiger partial charge in [-0.3, -0.25) is 19.8 Å². The quantitative estimate of drug-likeness (QED) is 0.168. The average Bonchev–Trinajstić information content (AvgIpc) is 2.81. The third-order valence-electron chi connectivity index (χ3n) is 4.44. The molecule has 0 aliphatic heterocycles. The first-order valence-corrected chi connectivity index (χ1v) is 11.3. The molecule has 2 aromatic carbocycles. The van der Waals surface area contributed by atoms with Gasteiger partial charge in [0.2, 0.25) is 15.9 Å². The van der Waals surface area contributed by atoms with Crippen LogP contribution in [0.5, 0.6) is 0 Å². The summed E-state index contributed by atoms with van der Waals surface area (Å²) in [6.45, 7) is -0.324. The first-order chi connectivity index (χ1) is 15.6. The van der Waals surface area contributed by atoms with E-state index in [0.29, 0.717) is 11.1 Å². The zero-order chi connectivity index (χ0) is 24.4. The second kappa shape index (κ2) is 11.7. The number of nitrogens with two attached hydrogens (primary N) is 1. The summed E-state index contributed by atoms with van der Waals surface area (Å²) < 4.78 is 31.7. The van der Waals surface area contributed by atoms with E-state index in [1.165, 1.54) is 48.5 Å². The van der Waals surface area contributed by atoms with E-state index in [1.54, 1.807) is 6.07 Å². The van der Waals surface area contributed by atoms with E-state index in [-0.39, 0.29) is 30.2 Å². The van der Waals surface area contributed by atoms with E-state index in [2.05, 4.69) is 20.1 Å². The summed E-state index contributed by atoms with van der Waals surface area (Å²) in [5.74, 6) is -1.90. The lowest BCUT2D eigenvalue weighted by Crippen LogP contribution is -2.49. The van der Waals surface area contributed by atoms with Gasteiger partial charge in [-0.2, -0.15) is 4.72 Å². The molecule has 6 N–H and O–H groups in total. The number of carbonyl (C=O) groups excluding carboxylic acids is 3. The molecule has 0 fully saturated rings. The molecule has 0 spiro atoms. The number of esters is 1. The molecule has 0 heterocycles. The van der Waals surface area contributed by atoms with Crippen molar-refractivity contribution in [3.05, 3.63) is 65.7 Å². The predicted octanol–water partition coefficient (Wildman–Crippen LogP) is -0.273. The monoisotopic (exact) mass is 475 g/mol. The lowest BCUT2D eigenvalue weighted by molar-refractivity contribution is -0.142. The largest absolute Gasteiger partial charge is 0.468 e. The highest BCUT2D eigenvalue weighted by Crippen LogP contribution is 2.08. The highest BCUT2D eigenvalue weighted by atomic mass is 32.2. The minimum atomic E-state index is -4.01. The molecule has 33 heavy (non-hydrogen) atoms. The van der Waals surface area contributed by atoms with Gasteiger partial charge in [-0.25, -0.2) is 8.42 Å². The van der Waals surface area contributed by atoms with Gasteiger partial charge in [0.15, 0.2) is 0 Å². The first-order valence-electron chi connectivity index (χ1n) is 9.78. The Labute approximate surface area is 191 Å². The van der Waals surface area contributed by atoms with E-state index >= 15 is 0 Å². The minimum Gasteiger partial charge on any atom is -0.468 e. The Balaban J connectivity index is 1.85. The molecule has 176 valence electrons. The molecule has 11 nitrogen and oxygen atoms in total. The Bertz CT molecular complexity index is 1100. The van der Waals surface area contributed by atoms with Crippen molar-refractivity contribution < 1.29 is 27.5 Å². The number of carbonyl (C=O) groups is 3. The maximum Gasteiger partial charge on any atom is 0.325 e. The molecule has 0 aromatic heterocycles. The minimum absolute atomic E-state index is 0.0117. The van der Waals surface area contributed by atoms with E-state index in [4.69, 9.17) is 11.1 Å². The second-order valence-electron chi connectivity index (χ2n) is 6.81. The summed E-state index contributed by atoms with van der Waals surface area (Å²) >= 11 is 0. The molecule has 1 atom stereocenters. The SMILES string of the molecule is COC(=O)[C@H](CNC(=O)CCNC(=O)c1ccc(C(=N)N)cc1)NS(=O)(=O)c1ccccc1. The topological polar surface area (TPSA) is 181 Å². The first kappa shape index (κ1) is 25.5. The molecule has 2 rings (SSSR count). The molecule has 0 aliphatic carbocycles. The van der Waals surface area contributed by atoms with E-state index in [9.17, 15) is 22.8 Å². The number of nitrogens with one attached hydrogen (secondary N) is 4. The Kier molecular flexibility index (Phi) is 9.07. The molecule has 0 bridgehead atoms. The van der Waals surface area contributed by atoms with Gasteiger partial charge < -0.3 is 21.1 Å². The van der Waals surface area contributed by atoms with Crippen LogP contribution in [0.4, 0.5) is 0 Å². The number of benzene rings is 2. The van der Waals surface area contributed by atoms with Crippen LogP contribution in [0.2, 0.25) is 0 Å². The van der Waals surface area contributed by atoms with Crippen LogP contribution in [-0.4, -0.2) is 58.3 Å². The molecule has 0 unspecified atom stereocenters. The van der Waals surface area contributed by atoms with E-state index in [1.807, 2.05) is 0 Å². The van der Waals surface area contributed by atoms with Gasteiger partial charge in [-0.15, -0.1) is 0 Å². The number of methoxy groups -OCH3 is 1. The summed E-state index contributed by atoms with van der Waals surface area (Å²) in [5, 5.41) is 12.4. The van der Waals surface area contributed by atoms with Gasteiger partial charge in [0, 0.05) is 30.6 Å². The van der Waals surface area contributed by atoms with E-state index in [0.717, 1.165) is 7.11 Å². The molecular weight excluding hydrogens is 450 g/mol. The van der Waals surface area contributed by atoms with Crippen molar-refractivity contribution in [3.63, 3.8) is 0 Å². The average molecular weight is 476 g/mol.